The van der Waals surface area contributed by atoms with Crippen molar-refractivity contribution in [1.82, 2.24) is 9.78 Å². The van der Waals surface area contributed by atoms with Crippen molar-refractivity contribution in [2.75, 3.05) is 0 Å². The van der Waals surface area contributed by atoms with Crippen molar-refractivity contribution in [1.29, 1.82) is 5.26 Å². The van der Waals surface area contributed by atoms with Crippen LogP contribution in [-0.4, -0.2) is 9.78 Å². The molecular formula is C19H10F5N3. The minimum absolute atomic E-state index is 0.0850. The van der Waals surface area contributed by atoms with Gasteiger partial charge < -0.3 is 0 Å². The van der Waals surface area contributed by atoms with Crippen LogP contribution in [0.5, 0.6) is 0 Å². The van der Waals surface area contributed by atoms with Crippen molar-refractivity contribution in [3.05, 3.63) is 83.2 Å². The number of hydrogen-bond acceptors (Lipinski definition) is 2. The molecule has 0 spiro atoms. The zero-order valence-electron chi connectivity index (χ0n) is 13.5. The smallest absolute Gasteiger partial charge is 0.240 e. The number of halogens is 5. The van der Waals surface area contributed by atoms with Gasteiger partial charge in [-0.2, -0.15) is 23.5 Å². The molecule has 0 saturated carbocycles. The molecule has 0 unspecified atom stereocenters. The molecule has 3 nitrogen and oxygen atoms in total. The highest BCUT2D eigenvalue weighted by molar-refractivity contribution is 5.89. The van der Waals surface area contributed by atoms with Gasteiger partial charge in [-0.25, -0.2) is 13.5 Å². The minimum atomic E-state index is -4.54. The van der Waals surface area contributed by atoms with Crippen molar-refractivity contribution in [3.8, 4) is 11.8 Å². The summed E-state index contributed by atoms with van der Waals surface area (Å²) in [6.07, 6.45) is -2.01. The summed E-state index contributed by atoms with van der Waals surface area (Å²) in [6.45, 7) is 0. The Morgan fingerprint density at radius 3 is 2.33 bits per heavy atom. The van der Waals surface area contributed by atoms with E-state index in [0.717, 1.165) is 16.8 Å². The van der Waals surface area contributed by atoms with E-state index in [1.807, 2.05) is 6.07 Å². The van der Waals surface area contributed by atoms with Gasteiger partial charge in [0, 0.05) is 11.8 Å². The van der Waals surface area contributed by atoms with Gasteiger partial charge in [0.05, 0.1) is 17.3 Å². The number of rotatable bonds is 3. The van der Waals surface area contributed by atoms with E-state index < -0.39 is 23.5 Å². The highest BCUT2D eigenvalue weighted by Crippen LogP contribution is 2.28. The van der Waals surface area contributed by atoms with Crippen LogP contribution in [0.2, 0.25) is 0 Å². The summed E-state index contributed by atoms with van der Waals surface area (Å²) in [5, 5.41) is 12.7. The number of allylic oxidation sites excluding steroid dienone is 1. The Morgan fingerprint density at radius 2 is 1.74 bits per heavy atom. The van der Waals surface area contributed by atoms with Crippen LogP contribution in [-0.2, 0) is 6.18 Å². The van der Waals surface area contributed by atoms with Crippen LogP contribution in [0.3, 0.4) is 0 Å². The third kappa shape index (κ3) is 3.87. The summed E-state index contributed by atoms with van der Waals surface area (Å²) in [5.74, 6) is -2.19. The van der Waals surface area contributed by atoms with E-state index in [4.69, 9.17) is 0 Å². The van der Waals surface area contributed by atoms with E-state index in [-0.39, 0.29) is 11.1 Å². The largest absolute Gasteiger partial charge is 0.435 e. The van der Waals surface area contributed by atoms with Crippen molar-refractivity contribution in [3.63, 3.8) is 0 Å². The molecule has 8 heteroatoms. The fourth-order valence-electron chi connectivity index (χ4n) is 2.39. The summed E-state index contributed by atoms with van der Waals surface area (Å²) >= 11 is 0. The van der Waals surface area contributed by atoms with E-state index in [1.54, 1.807) is 0 Å². The highest BCUT2D eigenvalue weighted by atomic mass is 19.4. The standard InChI is InChI=1S/C19H10F5N3/c20-16-3-1-2-15(18(16)21)13(11-25)10-12-4-6-14(7-5-12)27-9-8-17(26-27)19(22,23)24/h1-10H/b13-10+. The average Bonchev–Trinajstić information content (AvgIpc) is 3.13. The summed E-state index contributed by atoms with van der Waals surface area (Å²) < 4.78 is 66.1. The van der Waals surface area contributed by atoms with Crippen LogP contribution in [0.25, 0.3) is 17.3 Å². The van der Waals surface area contributed by atoms with Crippen molar-refractivity contribution < 1.29 is 22.0 Å². The predicted molar refractivity (Wildman–Crippen MR) is 88.4 cm³/mol. The Hall–Kier alpha value is -3.47. The average molecular weight is 375 g/mol. The molecule has 0 saturated heterocycles. The fourth-order valence-corrected chi connectivity index (χ4v) is 2.39. The normalized spacial score (nSPS) is 12.1. The molecule has 0 fully saturated rings. The topological polar surface area (TPSA) is 41.6 Å². The molecule has 3 rings (SSSR count). The van der Waals surface area contributed by atoms with Crippen LogP contribution in [0.4, 0.5) is 22.0 Å². The van der Waals surface area contributed by atoms with Gasteiger partial charge in [0.1, 0.15) is 0 Å². The number of aromatic nitrogens is 2. The molecule has 0 aliphatic carbocycles. The first-order valence-corrected chi connectivity index (χ1v) is 7.59. The molecule has 27 heavy (non-hydrogen) atoms. The van der Waals surface area contributed by atoms with Gasteiger partial charge in [0.2, 0.25) is 0 Å². The van der Waals surface area contributed by atoms with Gasteiger partial charge in [-0.15, -0.1) is 0 Å². The lowest BCUT2D eigenvalue weighted by Crippen LogP contribution is -2.07. The summed E-state index contributed by atoms with van der Waals surface area (Å²) in [7, 11) is 0. The molecule has 3 aromatic rings. The second-order valence-electron chi connectivity index (χ2n) is 5.51. The lowest BCUT2D eigenvalue weighted by molar-refractivity contribution is -0.141. The molecule has 0 radical (unpaired) electrons. The Labute approximate surface area is 150 Å². The Bertz CT molecular complexity index is 1040. The lowest BCUT2D eigenvalue weighted by atomic mass is 10.0. The number of alkyl halides is 3. The first-order chi connectivity index (χ1) is 12.8. The minimum Gasteiger partial charge on any atom is -0.240 e. The van der Waals surface area contributed by atoms with E-state index in [0.29, 0.717) is 11.3 Å². The van der Waals surface area contributed by atoms with E-state index in [9.17, 15) is 27.2 Å². The first kappa shape index (κ1) is 18.3. The molecular weight excluding hydrogens is 365 g/mol. The second-order valence-corrected chi connectivity index (χ2v) is 5.51. The summed E-state index contributed by atoms with van der Waals surface area (Å²) in [4.78, 5) is 0. The molecule has 1 heterocycles. The van der Waals surface area contributed by atoms with Crippen molar-refractivity contribution >= 4 is 11.6 Å². The molecule has 0 aliphatic heterocycles. The molecule has 0 aliphatic rings. The Balaban J connectivity index is 1.91. The van der Waals surface area contributed by atoms with Crippen molar-refractivity contribution in [2.45, 2.75) is 6.18 Å². The number of nitriles is 1. The summed E-state index contributed by atoms with van der Waals surface area (Å²) in [6, 6.07) is 12.2. The zero-order chi connectivity index (χ0) is 19.6. The number of nitrogens with zero attached hydrogens (tertiary/aromatic N) is 3. The molecule has 1 aromatic heterocycles. The maximum absolute atomic E-state index is 13.9. The Kier molecular flexibility index (Phi) is 4.77. The lowest BCUT2D eigenvalue weighted by Gasteiger charge is -2.05. The van der Waals surface area contributed by atoms with Crippen LogP contribution in [0, 0.1) is 23.0 Å². The van der Waals surface area contributed by atoms with Gasteiger partial charge in [-0.1, -0.05) is 24.3 Å². The van der Waals surface area contributed by atoms with E-state index in [2.05, 4.69) is 5.10 Å². The van der Waals surface area contributed by atoms with Gasteiger partial charge in [-0.05, 0) is 35.9 Å². The van der Waals surface area contributed by atoms with Gasteiger partial charge in [0.25, 0.3) is 0 Å². The molecule has 0 bridgehead atoms. The fraction of sp³-hybridized carbons (Fsp3) is 0.0526. The third-order valence-corrected chi connectivity index (χ3v) is 3.71. The molecule has 136 valence electrons. The van der Waals surface area contributed by atoms with E-state index >= 15 is 0 Å². The van der Waals surface area contributed by atoms with Crippen molar-refractivity contribution in [2.24, 2.45) is 0 Å². The first-order valence-electron chi connectivity index (χ1n) is 7.59. The van der Waals surface area contributed by atoms with Gasteiger partial charge >= 0.3 is 6.18 Å². The van der Waals surface area contributed by atoms with Crippen LogP contribution in [0.1, 0.15) is 16.8 Å². The third-order valence-electron chi connectivity index (χ3n) is 3.71. The summed E-state index contributed by atoms with van der Waals surface area (Å²) in [5.41, 5.74) is -0.415. The highest BCUT2D eigenvalue weighted by Gasteiger charge is 2.33. The molecule has 0 amide bonds. The van der Waals surface area contributed by atoms with Crippen LogP contribution >= 0.6 is 0 Å². The SMILES string of the molecule is N#C/C(=C\c1ccc(-n2ccc(C(F)(F)F)n2)cc1)c1cccc(F)c1F. The monoisotopic (exact) mass is 375 g/mol. The van der Waals surface area contributed by atoms with Gasteiger partial charge in [0.15, 0.2) is 17.3 Å². The number of benzene rings is 2. The predicted octanol–water partition coefficient (Wildman–Crippen LogP) is 5.23. The molecule has 2 aromatic carbocycles. The maximum Gasteiger partial charge on any atom is 0.435 e. The van der Waals surface area contributed by atoms with Crippen LogP contribution in [0.15, 0.2) is 54.7 Å². The van der Waals surface area contributed by atoms with E-state index in [1.165, 1.54) is 48.7 Å². The van der Waals surface area contributed by atoms with Gasteiger partial charge in [-0.3, -0.25) is 0 Å². The maximum atomic E-state index is 13.9. The number of hydrogen-bond donors (Lipinski definition) is 0. The molecule has 0 N–H and O–H groups in total. The zero-order valence-corrected chi connectivity index (χ0v) is 13.5. The molecule has 0 atom stereocenters. The Morgan fingerprint density at radius 1 is 1.04 bits per heavy atom. The quantitative estimate of drug-likeness (QED) is 0.357. The van der Waals surface area contributed by atoms with Crippen LogP contribution < -0.4 is 0 Å². The second kappa shape index (κ2) is 7.03.